The number of anilines is 1. The number of sulfone groups is 1. The highest BCUT2D eigenvalue weighted by Crippen LogP contribution is 2.32. The maximum atomic E-state index is 11.6. The highest BCUT2D eigenvalue weighted by atomic mass is 32.2. The zero-order chi connectivity index (χ0) is 13.5. The molecule has 19 heavy (non-hydrogen) atoms. The summed E-state index contributed by atoms with van der Waals surface area (Å²) >= 11 is 0. The van der Waals surface area contributed by atoms with Crippen LogP contribution in [0.1, 0.15) is 25.3 Å². The van der Waals surface area contributed by atoms with Crippen LogP contribution in [0.2, 0.25) is 0 Å². The van der Waals surface area contributed by atoms with Crippen molar-refractivity contribution in [1.82, 2.24) is 0 Å². The summed E-state index contributed by atoms with van der Waals surface area (Å²) in [5.41, 5.74) is 1.85. The first-order chi connectivity index (χ1) is 8.96. The Balaban J connectivity index is 1.80. The van der Waals surface area contributed by atoms with Gasteiger partial charge in [0, 0.05) is 18.7 Å². The van der Waals surface area contributed by atoms with E-state index in [1.54, 1.807) is 0 Å². The van der Waals surface area contributed by atoms with Crippen LogP contribution < -0.4 is 10.1 Å². The smallest absolute Gasteiger partial charge is 0.154 e. The van der Waals surface area contributed by atoms with E-state index in [2.05, 4.69) is 5.32 Å². The van der Waals surface area contributed by atoms with Gasteiger partial charge in [0.05, 0.1) is 11.5 Å². The average Bonchev–Trinajstić information content (AvgIpc) is 2.63. The number of nitrogens with one attached hydrogen (secondary N) is 1. The second kappa shape index (κ2) is 4.40. The molecule has 1 aromatic rings. The third kappa shape index (κ3) is 2.71. The van der Waals surface area contributed by atoms with Gasteiger partial charge >= 0.3 is 0 Å². The molecule has 1 aromatic carbocycles. The van der Waals surface area contributed by atoms with Crippen LogP contribution in [0.3, 0.4) is 0 Å². The van der Waals surface area contributed by atoms with Crippen molar-refractivity contribution < 1.29 is 13.2 Å². The summed E-state index contributed by atoms with van der Waals surface area (Å²) in [6.07, 6.45) is 2.75. The van der Waals surface area contributed by atoms with Crippen molar-refractivity contribution >= 4 is 15.5 Å². The first-order valence-electron chi connectivity index (χ1n) is 6.72. The summed E-state index contributed by atoms with van der Waals surface area (Å²) in [6.45, 7) is 2.90. The molecule has 0 radical (unpaired) electrons. The van der Waals surface area contributed by atoms with E-state index in [0.717, 1.165) is 25.1 Å². The summed E-state index contributed by atoms with van der Waals surface area (Å²) in [4.78, 5) is 0. The second-order valence-electron chi connectivity index (χ2n) is 5.74. The van der Waals surface area contributed by atoms with Crippen molar-refractivity contribution in [3.63, 3.8) is 0 Å². The molecule has 0 amide bonds. The zero-order valence-electron chi connectivity index (χ0n) is 11.1. The van der Waals surface area contributed by atoms with Crippen molar-refractivity contribution in [2.45, 2.75) is 31.8 Å². The van der Waals surface area contributed by atoms with Crippen molar-refractivity contribution in [3.8, 4) is 5.75 Å². The highest BCUT2D eigenvalue weighted by molar-refractivity contribution is 7.91. The van der Waals surface area contributed by atoms with E-state index >= 15 is 0 Å². The fourth-order valence-electron chi connectivity index (χ4n) is 2.86. The van der Waals surface area contributed by atoms with Crippen LogP contribution in [0.5, 0.6) is 5.75 Å². The molecule has 1 N–H and O–H groups in total. The molecule has 1 saturated heterocycles. The molecular formula is C14H19NO3S. The highest BCUT2D eigenvalue weighted by Gasteiger charge is 2.40. The van der Waals surface area contributed by atoms with Gasteiger partial charge in [-0.25, -0.2) is 8.42 Å². The molecule has 2 aliphatic rings. The molecular weight excluding hydrogens is 262 g/mol. The van der Waals surface area contributed by atoms with E-state index in [0.29, 0.717) is 6.42 Å². The summed E-state index contributed by atoms with van der Waals surface area (Å²) in [7, 11) is -2.93. The lowest BCUT2D eigenvalue weighted by atomic mass is 10.0. The summed E-state index contributed by atoms with van der Waals surface area (Å²) in [5.74, 6) is 1.13. The Labute approximate surface area is 114 Å². The molecule has 0 aliphatic carbocycles. The quantitative estimate of drug-likeness (QED) is 0.901. The summed E-state index contributed by atoms with van der Waals surface area (Å²) in [5, 5.41) is 3.35. The fourth-order valence-corrected chi connectivity index (χ4v) is 4.88. The molecule has 0 bridgehead atoms. The van der Waals surface area contributed by atoms with Gasteiger partial charge in [-0.1, -0.05) is 0 Å². The van der Waals surface area contributed by atoms with Crippen LogP contribution in [-0.4, -0.2) is 32.1 Å². The molecule has 104 valence electrons. The largest absolute Gasteiger partial charge is 0.486 e. The minimum Gasteiger partial charge on any atom is -0.486 e. The summed E-state index contributed by atoms with van der Waals surface area (Å²) < 4.78 is 29.1. The van der Waals surface area contributed by atoms with E-state index in [1.165, 1.54) is 11.3 Å². The number of benzene rings is 1. The molecule has 3 rings (SSSR count). The van der Waals surface area contributed by atoms with Crippen LogP contribution in [0.15, 0.2) is 18.2 Å². The molecule has 1 unspecified atom stereocenters. The number of fused-ring (bicyclic) bond motifs is 1. The monoisotopic (exact) mass is 281 g/mol. The van der Waals surface area contributed by atoms with Gasteiger partial charge in [-0.15, -0.1) is 0 Å². The Morgan fingerprint density at radius 3 is 2.95 bits per heavy atom. The van der Waals surface area contributed by atoms with Crippen LogP contribution in [0, 0.1) is 0 Å². The van der Waals surface area contributed by atoms with E-state index < -0.39 is 15.4 Å². The van der Waals surface area contributed by atoms with Crippen molar-refractivity contribution in [2.24, 2.45) is 0 Å². The Morgan fingerprint density at radius 2 is 2.21 bits per heavy atom. The molecule has 0 saturated carbocycles. The molecule has 2 heterocycles. The summed E-state index contributed by atoms with van der Waals surface area (Å²) in [6, 6.07) is 5.99. The lowest BCUT2D eigenvalue weighted by molar-refractivity contribution is 0.117. The maximum absolute atomic E-state index is 11.6. The van der Waals surface area contributed by atoms with Gasteiger partial charge in [0.1, 0.15) is 11.4 Å². The first-order valence-corrected chi connectivity index (χ1v) is 8.54. The third-order valence-electron chi connectivity index (χ3n) is 3.85. The molecule has 0 aromatic heterocycles. The van der Waals surface area contributed by atoms with E-state index in [1.807, 2.05) is 25.1 Å². The third-order valence-corrected chi connectivity index (χ3v) is 5.72. The van der Waals surface area contributed by atoms with Crippen molar-refractivity contribution in [1.29, 1.82) is 0 Å². The predicted molar refractivity (Wildman–Crippen MR) is 75.6 cm³/mol. The normalized spacial score (nSPS) is 28.5. The standard InChI is InChI=1S/C14H19NO3S/c1-14(6-8-19(16,17)10-14)18-12-4-5-13-11(9-12)3-2-7-15-13/h4-5,9,15H,2-3,6-8,10H2,1H3. The molecule has 2 aliphatic heterocycles. The van der Waals surface area contributed by atoms with Crippen LogP contribution in [0.4, 0.5) is 5.69 Å². The lowest BCUT2D eigenvalue weighted by Crippen LogP contribution is -2.33. The Kier molecular flexibility index (Phi) is 2.96. The minimum absolute atomic E-state index is 0.120. The Morgan fingerprint density at radius 1 is 1.37 bits per heavy atom. The predicted octanol–water partition coefficient (Wildman–Crippen LogP) is 2.00. The van der Waals surface area contributed by atoms with Gasteiger partial charge in [0.25, 0.3) is 0 Å². The minimum atomic E-state index is -2.93. The maximum Gasteiger partial charge on any atom is 0.154 e. The average molecular weight is 281 g/mol. The number of rotatable bonds is 2. The fraction of sp³-hybridized carbons (Fsp3) is 0.571. The number of hydrogen-bond donors (Lipinski definition) is 1. The van der Waals surface area contributed by atoms with Gasteiger partial charge in [-0.3, -0.25) is 0 Å². The van der Waals surface area contributed by atoms with Gasteiger partial charge in [-0.05, 0) is 43.5 Å². The molecule has 5 heteroatoms. The Bertz CT molecular complexity index is 597. The number of aryl methyl sites for hydroxylation is 1. The molecule has 0 spiro atoms. The van der Waals surface area contributed by atoms with Crippen molar-refractivity contribution in [3.05, 3.63) is 23.8 Å². The molecule has 1 fully saturated rings. The second-order valence-corrected chi connectivity index (χ2v) is 7.93. The van der Waals surface area contributed by atoms with Gasteiger partial charge in [0.2, 0.25) is 0 Å². The molecule has 1 atom stereocenters. The van der Waals surface area contributed by atoms with E-state index in [-0.39, 0.29) is 11.5 Å². The zero-order valence-corrected chi connectivity index (χ0v) is 11.9. The van der Waals surface area contributed by atoms with E-state index in [4.69, 9.17) is 4.74 Å². The van der Waals surface area contributed by atoms with Crippen molar-refractivity contribution in [2.75, 3.05) is 23.4 Å². The van der Waals surface area contributed by atoms with Gasteiger partial charge < -0.3 is 10.1 Å². The lowest BCUT2D eigenvalue weighted by Gasteiger charge is -2.26. The van der Waals surface area contributed by atoms with Crippen LogP contribution >= 0.6 is 0 Å². The van der Waals surface area contributed by atoms with Crippen LogP contribution in [0.25, 0.3) is 0 Å². The Hall–Kier alpha value is -1.23. The first kappa shape index (κ1) is 12.8. The van der Waals surface area contributed by atoms with Gasteiger partial charge in [0.15, 0.2) is 9.84 Å². The number of ether oxygens (including phenoxy) is 1. The van der Waals surface area contributed by atoms with Gasteiger partial charge in [-0.2, -0.15) is 0 Å². The van der Waals surface area contributed by atoms with E-state index in [9.17, 15) is 8.42 Å². The topological polar surface area (TPSA) is 55.4 Å². The number of hydrogen-bond acceptors (Lipinski definition) is 4. The SMILES string of the molecule is CC1(Oc2ccc3c(c2)CCCN3)CCS(=O)(=O)C1. The molecule has 4 nitrogen and oxygen atoms in total. The van der Waals surface area contributed by atoms with Crippen LogP contribution in [-0.2, 0) is 16.3 Å².